The van der Waals surface area contributed by atoms with Crippen LogP contribution in [0.25, 0.3) is 0 Å². The fraction of sp³-hybridized carbons (Fsp3) is 0.417. The first kappa shape index (κ1) is 9.25. The molecule has 0 bridgehead atoms. The quantitative estimate of drug-likeness (QED) is 0.612. The van der Waals surface area contributed by atoms with Gasteiger partial charge in [0.2, 0.25) is 5.91 Å². The van der Waals surface area contributed by atoms with Gasteiger partial charge in [0, 0.05) is 13.6 Å². The molecule has 0 spiro atoms. The highest BCUT2D eigenvalue weighted by atomic mass is 16.2. The number of aryl methyl sites for hydroxylation is 1. The highest BCUT2D eigenvalue weighted by Gasteiger charge is 2.27. The molecule has 0 fully saturated rings. The minimum absolute atomic E-state index is 0.0179. The molecule has 1 aromatic carbocycles. The van der Waals surface area contributed by atoms with Crippen molar-refractivity contribution in [3.05, 3.63) is 34.9 Å². The van der Waals surface area contributed by atoms with Gasteiger partial charge in [0.25, 0.3) is 0 Å². The van der Waals surface area contributed by atoms with Gasteiger partial charge in [-0.15, -0.1) is 0 Å². The third-order valence-electron chi connectivity index (χ3n) is 2.92. The Labute approximate surface area is 84.5 Å². The third kappa shape index (κ3) is 1.31. The fourth-order valence-corrected chi connectivity index (χ4v) is 2.09. The zero-order valence-corrected chi connectivity index (χ0v) is 8.87. The number of amides is 1. The lowest BCUT2D eigenvalue weighted by Gasteiger charge is -2.29. The van der Waals surface area contributed by atoms with Gasteiger partial charge in [0.15, 0.2) is 0 Å². The van der Waals surface area contributed by atoms with Crippen molar-refractivity contribution in [1.82, 2.24) is 4.90 Å². The van der Waals surface area contributed by atoms with Crippen molar-refractivity contribution in [1.29, 1.82) is 0 Å². The summed E-state index contributed by atoms with van der Waals surface area (Å²) in [6.45, 7) is 4.81. The molecule has 1 atom stereocenters. The molecule has 0 saturated heterocycles. The van der Waals surface area contributed by atoms with E-state index in [-0.39, 0.29) is 11.8 Å². The first-order valence-corrected chi connectivity index (χ1v) is 4.94. The predicted octanol–water partition coefficient (Wildman–Crippen LogP) is 2.07. The number of carbonyl (C=O) groups is 1. The van der Waals surface area contributed by atoms with Crippen molar-refractivity contribution in [2.24, 2.45) is 0 Å². The van der Waals surface area contributed by atoms with Crippen molar-refractivity contribution in [3.8, 4) is 0 Å². The van der Waals surface area contributed by atoms with Crippen LogP contribution < -0.4 is 0 Å². The molecule has 0 unspecified atom stereocenters. The molecule has 74 valence electrons. The Bertz CT molecular complexity index is 384. The predicted molar refractivity (Wildman–Crippen MR) is 56.1 cm³/mol. The van der Waals surface area contributed by atoms with Crippen LogP contribution in [0.15, 0.2) is 18.2 Å². The second-order valence-corrected chi connectivity index (χ2v) is 4.12. The molecule has 0 radical (unpaired) electrons. The average molecular weight is 189 g/mol. The average Bonchev–Trinajstić information content (AvgIpc) is 2.14. The van der Waals surface area contributed by atoms with Crippen molar-refractivity contribution in [3.63, 3.8) is 0 Å². The highest BCUT2D eigenvalue weighted by Crippen LogP contribution is 2.28. The van der Waals surface area contributed by atoms with Crippen molar-refractivity contribution in [2.45, 2.75) is 26.3 Å². The van der Waals surface area contributed by atoms with Gasteiger partial charge in [-0.25, -0.2) is 0 Å². The minimum atomic E-state index is 0.0179. The monoisotopic (exact) mass is 189 g/mol. The molecular formula is C12H15NO. The molecule has 0 N–H and O–H groups in total. The van der Waals surface area contributed by atoms with Crippen molar-refractivity contribution in [2.75, 3.05) is 7.05 Å². The van der Waals surface area contributed by atoms with Crippen LogP contribution in [0.2, 0.25) is 0 Å². The molecule has 0 aromatic heterocycles. The first-order valence-electron chi connectivity index (χ1n) is 4.94. The van der Waals surface area contributed by atoms with E-state index in [2.05, 4.69) is 25.1 Å². The largest absolute Gasteiger partial charge is 0.341 e. The number of nitrogens with zero attached hydrogens (tertiary/aromatic N) is 1. The summed E-state index contributed by atoms with van der Waals surface area (Å²) in [5.41, 5.74) is 3.75. The lowest BCUT2D eigenvalue weighted by molar-refractivity contribution is -0.132. The van der Waals surface area contributed by atoms with Gasteiger partial charge >= 0.3 is 0 Å². The van der Waals surface area contributed by atoms with Gasteiger partial charge in [0.05, 0.1) is 5.92 Å². The lowest BCUT2D eigenvalue weighted by atomic mass is 9.90. The summed E-state index contributed by atoms with van der Waals surface area (Å²) in [5.74, 6) is 0.241. The summed E-state index contributed by atoms with van der Waals surface area (Å²) in [7, 11) is 1.87. The van der Waals surface area contributed by atoms with Crippen molar-refractivity contribution >= 4 is 5.91 Å². The van der Waals surface area contributed by atoms with Crippen molar-refractivity contribution < 1.29 is 4.79 Å². The number of fused-ring (bicyclic) bond motifs is 1. The Morgan fingerprint density at radius 2 is 2.14 bits per heavy atom. The van der Waals surface area contributed by atoms with E-state index in [1.165, 1.54) is 16.7 Å². The molecule has 1 aromatic rings. The number of hydrogen-bond donors (Lipinski definition) is 0. The standard InChI is InChI=1S/C12H15NO/c1-8-4-5-11-9(2)12(14)13(3)7-10(11)6-8/h4-6,9H,7H2,1-3H3/t9-/m1/s1. The van der Waals surface area contributed by atoms with E-state index in [1.807, 2.05) is 14.0 Å². The van der Waals surface area contributed by atoms with Crippen LogP contribution in [0.4, 0.5) is 0 Å². The maximum Gasteiger partial charge on any atom is 0.229 e. The maximum absolute atomic E-state index is 11.7. The topological polar surface area (TPSA) is 20.3 Å². The van der Waals surface area contributed by atoms with Crippen LogP contribution >= 0.6 is 0 Å². The summed E-state index contributed by atoms with van der Waals surface area (Å²) >= 11 is 0. The Hall–Kier alpha value is -1.31. The van der Waals surface area contributed by atoms with Gasteiger partial charge in [-0.1, -0.05) is 23.8 Å². The van der Waals surface area contributed by atoms with Gasteiger partial charge in [-0.3, -0.25) is 4.79 Å². The van der Waals surface area contributed by atoms with Crippen LogP contribution in [-0.4, -0.2) is 17.9 Å². The van der Waals surface area contributed by atoms with E-state index in [1.54, 1.807) is 4.90 Å². The summed E-state index contributed by atoms with van der Waals surface area (Å²) in [5, 5.41) is 0. The molecule has 1 amide bonds. The molecule has 14 heavy (non-hydrogen) atoms. The highest BCUT2D eigenvalue weighted by molar-refractivity contribution is 5.85. The lowest BCUT2D eigenvalue weighted by Crippen LogP contribution is -2.35. The van der Waals surface area contributed by atoms with E-state index < -0.39 is 0 Å². The van der Waals surface area contributed by atoms with Crippen LogP contribution in [0, 0.1) is 6.92 Å². The minimum Gasteiger partial charge on any atom is -0.341 e. The fourth-order valence-electron chi connectivity index (χ4n) is 2.09. The SMILES string of the molecule is Cc1ccc2c(c1)CN(C)C(=O)[C@@H]2C. The van der Waals surface area contributed by atoms with Gasteiger partial charge in [-0.2, -0.15) is 0 Å². The van der Waals surface area contributed by atoms with Gasteiger partial charge in [-0.05, 0) is 25.0 Å². The van der Waals surface area contributed by atoms with Crippen LogP contribution in [0.1, 0.15) is 29.5 Å². The zero-order chi connectivity index (χ0) is 10.3. The smallest absolute Gasteiger partial charge is 0.229 e. The number of likely N-dealkylation sites (N-methyl/N-ethyl adjacent to an activating group) is 1. The van der Waals surface area contributed by atoms with E-state index >= 15 is 0 Å². The van der Waals surface area contributed by atoms with E-state index in [0.717, 1.165) is 6.54 Å². The van der Waals surface area contributed by atoms with Gasteiger partial charge in [0.1, 0.15) is 0 Å². The molecule has 2 heteroatoms. The maximum atomic E-state index is 11.7. The van der Waals surface area contributed by atoms with E-state index in [4.69, 9.17) is 0 Å². The molecule has 1 heterocycles. The Morgan fingerprint density at radius 3 is 2.86 bits per heavy atom. The normalized spacial score (nSPS) is 20.9. The van der Waals surface area contributed by atoms with Crippen LogP contribution in [-0.2, 0) is 11.3 Å². The van der Waals surface area contributed by atoms with Gasteiger partial charge < -0.3 is 4.90 Å². The van der Waals surface area contributed by atoms with Crippen LogP contribution in [0.5, 0.6) is 0 Å². The summed E-state index contributed by atoms with van der Waals surface area (Å²) in [6, 6.07) is 6.34. The van der Waals surface area contributed by atoms with E-state index in [9.17, 15) is 4.79 Å². The number of hydrogen-bond acceptors (Lipinski definition) is 1. The second kappa shape index (κ2) is 3.12. The molecule has 2 nitrogen and oxygen atoms in total. The third-order valence-corrected chi connectivity index (χ3v) is 2.92. The first-order chi connectivity index (χ1) is 6.59. The zero-order valence-electron chi connectivity index (χ0n) is 8.87. The Morgan fingerprint density at radius 1 is 1.43 bits per heavy atom. The summed E-state index contributed by atoms with van der Waals surface area (Å²) in [6.07, 6.45) is 0. The molecule has 2 rings (SSSR count). The van der Waals surface area contributed by atoms with E-state index in [0.29, 0.717) is 0 Å². The number of carbonyl (C=O) groups excluding carboxylic acids is 1. The number of rotatable bonds is 0. The number of benzene rings is 1. The molecule has 0 aliphatic carbocycles. The molecule has 1 aliphatic rings. The Balaban J connectivity index is 2.50. The second-order valence-electron chi connectivity index (χ2n) is 4.12. The summed E-state index contributed by atoms with van der Waals surface area (Å²) in [4.78, 5) is 13.5. The molecular weight excluding hydrogens is 174 g/mol. The van der Waals surface area contributed by atoms with Crippen LogP contribution in [0.3, 0.4) is 0 Å². The Kier molecular flexibility index (Phi) is 2.06. The molecule has 0 saturated carbocycles. The summed E-state index contributed by atoms with van der Waals surface area (Å²) < 4.78 is 0. The molecule has 1 aliphatic heterocycles.